The minimum absolute atomic E-state index is 0.0953. The van der Waals surface area contributed by atoms with Gasteiger partial charge in [0.1, 0.15) is 12.4 Å². The maximum atomic E-state index is 13.0. The van der Waals surface area contributed by atoms with E-state index in [1.54, 1.807) is 12.1 Å². The van der Waals surface area contributed by atoms with Crippen molar-refractivity contribution >= 4 is 5.97 Å². The van der Waals surface area contributed by atoms with E-state index >= 15 is 0 Å². The Kier molecular flexibility index (Phi) is 3.57. The van der Waals surface area contributed by atoms with Crippen molar-refractivity contribution in [1.29, 1.82) is 0 Å². The van der Waals surface area contributed by atoms with Gasteiger partial charge in [0.05, 0.1) is 5.92 Å². The molecule has 2 unspecified atom stereocenters. The average Bonchev–Trinajstić information content (AvgIpc) is 3.09. The number of carbonyl (C=O) groups excluding carboxylic acids is 1. The van der Waals surface area contributed by atoms with Crippen molar-refractivity contribution in [2.45, 2.75) is 19.3 Å². The van der Waals surface area contributed by atoms with E-state index < -0.39 is 0 Å². The van der Waals surface area contributed by atoms with Gasteiger partial charge in [-0.1, -0.05) is 24.3 Å². The Balaban J connectivity index is 1.90. The van der Waals surface area contributed by atoms with Crippen LogP contribution in [0.15, 0.2) is 36.4 Å². The molecule has 0 bridgehead atoms. The zero-order chi connectivity index (χ0) is 12.3. The number of hydrogen-bond acceptors (Lipinski definition) is 2. The first-order valence-electron chi connectivity index (χ1n) is 5.75. The van der Waals surface area contributed by atoms with Crippen molar-refractivity contribution in [1.82, 2.24) is 0 Å². The molecule has 1 aliphatic rings. The van der Waals surface area contributed by atoms with Gasteiger partial charge in [0.2, 0.25) is 0 Å². The van der Waals surface area contributed by atoms with Gasteiger partial charge in [0.25, 0.3) is 0 Å². The van der Waals surface area contributed by atoms with Crippen LogP contribution < -0.4 is 0 Å². The van der Waals surface area contributed by atoms with Crippen LogP contribution in [0, 0.1) is 11.7 Å². The molecule has 90 valence electrons. The Labute approximate surface area is 100 Å². The highest BCUT2D eigenvalue weighted by atomic mass is 19.1. The molecule has 0 amide bonds. The normalized spacial score (nSPS) is 22.7. The summed E-state index contributed by atoms with van der Waals surface area (Å²) in [4.78, 5) is 11.6. The molecule has 1 aliphatic carbocycles. The molecule has 3 heteroatoms. The minimum atomic E-state index is -0.254. The topological polar surface area (TPSA) is 26.3 Å². The van der Waals surface area contributed by atoms with Crippen molar-refractivity contribution in [3.8, 4) is 0 Å². The highest BCUT2D eigenvalue weighted by Gasteiger charge is 2.45. The molecule has 0 saturated heterocycles. The van der Waals surface area contributed by atoms with E-state index in [2.05, 4.69) is 0 Å². The highest BCUT2D eigenvalue weighted by Crippen LogP contribution is 2.48. The molecular weight excluding hydrogens is 219 g/mol. The summed E-state index contributed by atoms with van der Waals surface area (Å²) in [5.74, 6) is -0.404. The van der Waals surface area contributed by atoms with Gasteiger partial charge in [-0.05, 0) is 37.0 Å². The van der Waals surface area contributed by atoms with Crippen LogP contribution >= 0.6 is 0 Å². The van der Waals surface area contributed by atoms with Gasteiger partial charge in [-0.25, -0.2) is 4.39 Å². The molecule has 0 radical (unpaired) electrons. The van der Waals surface area contributed by atoms with E-state index in [4.69, 9.17) is 4.74 Å². The largest absolute Gasteiger partial charge is 0.461 e. The first-order valence-corrected chi connectivity index (χ1v) is 5.75. The molecule has 0 aromatic heterocycles. The Bertz CT molecular complexity index is 440. The fourth-order valence-electron chi connectivity index (χ4n) is 1.89. The van der Waals surface area contributed by atoms with Gasteiger partial charge in [0, 0.05) is 0 Å². The lowest BCUT2D eigenvalue weighted by Gasteiger charge is -2.02. The van der Waals surface area contributed by atoms with E-state index in [-0.39, 0.29) is 23.6 Å². The van der Waals surface area contributed by atoms with E-state index in [9.17, 15) is 9.18 Å². The number of rotatable bonds is 4. The van der Waals surface area contributed by atoms with Crippen molar-refractivity contribution in [2.24, 2.45) is 5.92 Å². The van der Waals surface area contributed by atoms with E-state index in [1.165, 1.54) is 12.1 Å². The molecule has 17 heavy (non-hydrogen) atoms. The number of allylic oxidation sites excluding steroid dienone is 1. The van der Waals surface area contributed by atoms with Crippen LogP contribution in [-0.4, -0.2) is 12.6 Å². The van der Waals surface area contributed by atoms with Gasteiger partial charge in [0.15, 0.2) is 0 Å². The maximum Gasteiger partial charge on any atom is 0.309 e. The third-order valence-corrected chi connectivity index (χ3v) is 2.93. The Morgan fingerprint density at radius 3 is 3.12 bits per heavy atom. The second kappa shape index (κ2) is 5.13. The van der Waals surface area contributed by atoms with Crippen molar-refractivity contribution in [2.75, 3.05) is 6.61 Å². The van der Waals surface area contributed by atoms with Gasteiger partial charge < -0.3 is 4.74 Å². The van der Waals surface area contributed by atoms with Crippen LogP contribution in [0.25, 0.3) is 0 Å². The summed E-state index contributed by atoms with van der Waals surface area (Å²) >= 11 is 0. The summed E-state index contributed by atoms with van der Waals surface area (Å²) in [7, 11) is 0. The number of hydrogen-bond donors (Lipinski definition) is 0. The van der Waals surface area contributed by atoms with Gasteiger partial charge in [-0.2, -0.15) is 0 Å². The molecule has 0 aliphatic heterocycles. The fourth-order valence-corrected chi connectivity index (χ4v) is 1.89. The predicted molar refractivity (Wildman–Crippen MR) is 63.0 cm³/mol. The molecule has 2 nitrogen and oxygen atoms in total. The summed E-state index contributed by atoms with van der Waals surface area (Å²) in [5, 5.41) is 0. The molecule has 0 heterocycles. The molecule has 1 aromatic rings. The number of halogens is 1. The lowest BCUT2D eigenvalue weighted by molar-refractivity contribution is -0.144. The first kappa shape index (κ1) is 11.8. The van der Waals surface area contributed by atoms with Crippen LogP contribution in [-0.2, 0) is 9.53 Å². The van der Waals surface area contributed by atoms with Crippen LogP contribution in [0.3, 0.4) is 0 Å². The van der Waals surface area contributed by atoms with Crippen molar-refractivity contribution < 1.29 is 13.9 Å². The maximum absolute atomic E-state index is 13.0. The number of carbonyl (C=O) groups is 1. The minimum Gasteiger partial charge on any atom is -0.461 e. The third kappa shape index (κ3) is 2.93. The Morgan fingerprint density at radius 1 is 1.59 bits per heavy atom. The van der Waals surface area contributed by atoms with Crippen LogP contribution in [0.2, 0.25) is 0 Å². The SMILES string of the molecule is CC=CCOC(=O)C1CC1c1cccc(F)c1. The van der Waals surface area contributed by atoms with E-state index in [0.717, 1.165) is 12.0 Å². The second-order valence-electron chi connectivity index (χ2n) is 4.20. The molecule has 0 N–H and O–H groups in total. The smallest absolute Gasteiger partial charge is 0.309 e. The summed E-state index contributed by atoms with van der Waals surface area (Å²) < 4.78 is 18.1. The highest BCUT2D eigenvalue weighted by molar-refractivity contribution is 5.77. The van der Waals surface area contributed by atoms with Crippen LogP contribution in [0.5, 0.6) is 0 Å². The number of benzene rings is 1. The van der Waals surface area contributed by atoms with Crippen molar-refractivity contribution in [3.05, 3.63) is 47.8 Å². The van der Waals surface area contributed by atoms with Gasteiger partial charge in [-0.15, -0.1) is 0 Å². The zero-order valence-electron chi connectivity index (χ0n) is 9.73. The molecule has 0 spiro atoms. The third-order valence-electron chi connectivity index (χ3n) is 2.93. The molecule has 1 saturated carbocycles. The van der Waals surface area contributed by atoms with Crippen LogP contribution in [0.1, 0.15) is 24.8 Å². The fraction of sp³-hybridized carbons (Fsp3) is 0.357. The molecule has 1 aromatic carbocycles. The van der Waals surface area contributed by atoms with Gasteiger partial charge >= 0.3 is 5.97 Å². The Morgan fingerprint density at radius 2 is 2.41 bits per heavy atom. The second-order valence-corrected chi connectivity index (χ2v) is 4.20. The van der Waals surface area contributed by atoms with E-state index in [0.29, 0.717) is 6.61 Å². The standard InChI is InChI=1S/C14H15FO2/c1-2-3-7-17-14(16)13-9-12(13)10-5-4-6-11(15)8-10/h2-6,8,12-13H,7,9H2,1H3. The quantitative estimate of drug-likeness (QED) is 0.591. The first-order chi connectivity index (χ1) is 8.22. The summed E-state index contributed by atoms with van der Waals surface area (Å²) in [6.07, 6.45) is 4.39. The lowest BCUT2D eigenvalue weighted by atomic mass is 10.1. The number of ether oxygens (including phenoxy) is 1. The Hall–Kier alpha value is -1.64. The summed E-state index contributed by atoms with van der Waals surface area (Å²) in [5.41, 5.74) is 0.887. The summed E-state index contributed by atoms with van der Waals surface area (Å²) in [6, 6.07) is 6.42. The van der Waals surface area contributed by atoms with Gasteiger partial charge in [-0.3, -0.25) is 4.79 Å². The molecular formula is C14H15FO2. The average molecular weight is 234 g/mol. The monoisotopic (exact) mass is 234 g/mol. The predicted octanol–water partition coefficient (Wildman–Crippen LogP) is 3.05. The molecule has 2 atom stereocenters. The zero-order valence-corrected chi connectivity index (χ0v) is 9.73. The molecule has 1 fully saturated rings. The molecule has 2 rings (SSSR count). The van der Waals surface area contributed by atoms with E-state index in [1.807, 2.05) is 19.1 Å². The van der Waals surface area contributed by atoms with Crippen molar-refractivity contribution in [3.63, 3.8) is 0 Å². The summed E-state index contributed by atoms with van der Waals surface area (Å²) in [6.45, 7) is 2.20. The number of esters is 1. The lowest BCUT2D eigenvalue weighted by Crippen LogP contribution is -2.07. The van der Waals surface area contributed by atoms with Crippen LogP contribution in [0.4, 0.5) is 4.39 Å².